The van der Waals surface area contributed by atoms with Crippen molar-refractivity contribution in [1.29, 1.82) is 0 Å². The molecule has 1 aromatic heterocycles. The summed E-state index contributed by atoms with van der Waals surface area (Å²) >= 11 is 0. The Balaban J connectivity index is 2.17. The van der Waals surface area contributed by atoms with Gasteiger partial charge >= 0.3 is 0 Å². The van der Waals surface area contributed by atoms with Crippen molar-refractivity contribution in [3.05, 3.63) is 47.8 Å². The predicted molar refractivity (Wildman–Crippen MR) is 54.4 cm³/mol. The number of aromatic nitrogens is 2. The quantitative estimate of drug-likeness (QED) is 0.800. The van der Waals surface area contributed by atoms with Crippen LogP contribution >= 0.6 is 0 Å². The Morgan fingerprint density at radius 2 is 2.29 bits per heavy atom. The van der Waals surface area contributed by atoms with E-state index < -0.39 is 0 Å². The highest BCUT2D eigenvalue weighted by Gasteiger charge is 1.98. The van der Waals surface area contributed by atoms with Crippen molar-refractivity contribution in [2.75, 3.05) is 7.11 Å². The van der Waals surface area contributed by atoms with Crippen LogP contribution in [0.25, 0.3) is 0 Å². The summed E-state index contributed by atoms with van der Waals surface area (Å²) in [4.78, 5) is 0. The van der Waals surface area contributed by atoms with E-state index >= 15 is 0 Å². The maximum Gasteiger partial charge on any atom is 0.119 e. The van der Waals surface area contributed by atoms with Crippen LogP contribution in [-0.4, -0.2) is 17.3 Å². The largest absolute Gasteiger partial charge is 0.497 e. The maximum atomic E-state index is 5.15. The van der Waals surface area contributed by atoms with Crippen LogP contribution in [0.3, 0.4) is 0 Å². The van der Waals surface area contributed by atoms with E-state index in [-0.39, 0.29) is 0 Å². The van der Waals surface area contributed by atoms with Gasteiger partial charge in [-0.15, -0.1) is 0 Å². The van der Waals surface area contributed by atoms with Crippen molar-refractivity contribution >= 4 is 0 Å². The first-order valence-corrected chi connectivity index (χ1v) is 4.49. The smallest absolute Gasteiger partial charge is 0.119 e. The van der Waals surface area contributed by atoms with Gasteiger partial charge in [0, 0.05) is 18.3 Å². The third-order valence-electron chi connectivity index (χ3n) is 2.09. The molecule has 0 saturated heterocycles. The van der Waals surface area contributed by atoms with Gasteiger partial charge < -0.3 is 4.74 Å². The monoisotopic (exact) mass is 188 g/mol. The first-order valence-electron chi connectivity index (χ1n) is 4.49. The number of nitrogens with zero attached hydrogens (tertiary/aromatic N) is 1. The summed E-state index contributed by atoms with van der Waals surface area (Å²) in [6.45, 7) is 0. The highest BCUT2D eigenvalue weighted by atomic mass is 16.5. The van der Waals surface area contributed by atoms with E-state index in [1.54, 1.807) is 13.3 Å². The lowest BCUT2D eigenvalue weighted by molar-refractivity contribution is 0.414. The number of rotatable bonds is 3. The molecule has 2 aromatic rings. The molecule has 0 spiro atoms. The zero-order valence-electron chi connectivity index (χ0n) is 8.03. The number of methoxy groups -OCH3 is 1. The Bertz CT molecular complexity index is 395. The number of H-pyrrole nitrogens is 1. The summed E-state index contributed by atoms with van der Waals surface area (Å²) in [5.41, 5.74) is 2.33. The molecule has 72 valence electrons. The summed E-state index contributed by atoms with van der Waals surface area (Å²) in [5.74, 6) is 0.891. The van der Waals surface area contributed by atoms with E-state index in [1.807, 2.05) is 24.3 Å². The summed E-state index contributed by atoms with van der Waals surface area (Å²) in [5, 5.41) is 6.84. The van der Waals surface area contributed by atoms with Crippen LogP contribution in [0.5, 0.6) is 5.75 Å². The van der Waals surface area contributed by atoms with Crippen molar-refractivity contribution in [2.24, 2.45) is 0 Å². The van der Waals surface area contributed by atoms with Gasteiger partial charge in [0.05, 0.1) is 7.11 Å². The van der Waals surface area contributed by atoms with Crippen LogP contribution < -0.4 is 4.74 Å². The van der Waals surface area contributed by atoms with E-state index in [4.69, 9.17) is 4.74 Å². The molecular weight excluding hydrogens is 176 g/mol. The minimum Gasteiger partial charge on any atom is -0.497 e. The van der Waals surface area contributed by atoms with Crippen LogP contribution in [0.1, 0.15) is 11.3 Å². The molecule has 14 heavy (non-hydrogen) atoms. The van der Waals surface area contributed by atoms with Crippen molar-refractivity contribution in [1.82, 2.24) is 10.2 Å². The average Bonchev–Trinajstić information content (AvgIpc) is 2.71. The summed E-state index contributed by atoms with van der Waals surface area (Å²) in [7, 11) is 1.68. The molecule has 0 atom stereocenters. The topological polar surface area (TPSA) is 37.9 Å². The SMILES string of the molecule is COc1cccc(Cc2ccn[nH]2)c1. The van der Waals surface area contributed by atoms with E-state index in [0.29, 0.717) is 0 Å². The molecule has 1 N–H and O–H groups in total. The normalized spacial score (nSPS) is 10.1. The first kappa shape index (κ1) is 8.81. The second kappa shape index (κ2) is 3.96. The lowest BCUT2D eigenvalue weighted by Gasteiger charge is -2.02. The fraction of sp³-hybridized carbons (Fsp3) is 0.182. The fourth-order valence-corrected chi connectivity index (χ4v) is 1.39. The number of ether oxygens (including phenoxy) is 1. The number of hydrogen-bond donors (Lipinski definition) is 1. The molecule has 1 heterocycles. The molecule has 0 amide bonds. The van der Waals surface area contributed by atoms with Crippen molar-refractivity contribution in [2.45, 2.75) is 6.42 Å². The first-order chi connectivity index (χ1) is 6.88. The molecule has 0 bridgehead atoms. The van der Waals surface area contributed by atoms with Gasteiger partial charge in [-0.25, -0.2) is 0 Å². The third kappa shape index (κ3) is 1.93. The lowest BCUT2D eigenvalue weighted by atomic mass is 10.1. The average molecular weight is 188 g/mol. The Morgan fingerprint density at radius 3 is 3.00 bits per heavy atom. The van der Waals surface area contributed by atoms with E-state index in [1.165, 1.54) is 5.56 Å². The van der Waals surface area contributed by atoms with Gasteiger partial charge in [0.25, 0.3) is 0 Å². The molecule has 0 fully saturated rings. The van der Waals surface area contributed by atoms with Gasteiger partial charge in [0.2, 0.25) is 0 Å². The van der Waals surface area contributed by atoms with Gasteiger partial charge in [-0.2, -0.15) is 5.10 Å². The molecule has 3 heteroatoms. The van der Waals surface area contributed by atoms with Crippen LogP contribution in [0.2, 0.25) is 0 Å². The van der Waals surface area contributed by atoms with Gasteiger partial charge in [-0.1, -0.05) is 12.1 Å². The predicted octanol–water partition coefficient (Wildman–Crippen LogP) is 2.01. The van der Waals surface area contributed by atoms with Crippen LogP contribution in [-0.2, 0) is 6.42 Å². The van der Waals surface area contributed by atoms with Crippen molar-refractivity contribution in [3.8, 4) is 5.75 Å². The van der Waals surface area contributed by atoms with Gasteiger partial charge in [0.15, 0.2) is 0 Å². The highest BCUT2D eigenvalue weighted by Crippen LogP contribution is 2.14. The second-order valence-electron chi connectivity index (χ2n) is 3.11. The zero-order chi connectivity index (χ0) is 9.80. The minimum absolute atomic E-state index is 0.858. The molecule has 3 nitrogen and oxygen atoms in total. The molecule has 0 aliphatic rings. The second-order valence-corrected chi connectivity index (χ2v) is 3.11. The van der Waals surface area contributed by atoms with Crippen molar-refractivity contribution in [3.63, 3.8) is 0 Å². The number of hydrogen-bond acceptors (Lipinski definition) is 2. The van der Waals surface area contributed by atoms with Crippen LogP contribution in [0, 0.1) is 0 Å². The third-order valence-corrected chi connectivity index (χ3v) is 2.09. The number of nitrogens with one attached hydrogen (secondary N) is 1. The molecule has 0 aliphatic carbocycles. The van der Waals surface area contributed by atoms with Gasteiger partial charge in [-0.3, -0.25) is 5.10 Å². The number of aromatic amines is 1. The zero-order valence-corrected chi connectivity index (χ0v) is 8.03. The van der Waals surface area contributed by atoms with Crippen LogP contribution in [0.15, 0.2) is 36.5 Å². The van der Waals surface area contributed by atoms with E-state index in [0.717, 1.165) is 17.9 Å². The Labute approximate surface area is 82.7 Å². The standard InChI is InChI=1S/C11H12N2O/c1-14-11-4-2-3-9(8-11)7-10-5-6-12-13-10/h2-6,8H,7H2,1H3,(H,12,13). The lowest BCUT2D eigenvalue weighted by Crippen LogP contribution is -1.90. The molecule has 2 rings (SSSR count). The summed E-state index contributed by atoms with van der Waals surface area (Å²) < 4.78 is 5.15. The van der Waals surface area contributed by atoms with Gasteiger partial charge in [0.1, 0.15) is 5.75 Å². The molecule has 0 radical (unpaired) electrons. The summed E-state index contributed by atoms with van der Waals surface area (Å²) in [6, 6.07) is 10.0. The summed E-state index contributed by atoms with van der Waals surface area (Å²) in [6.07, 6.45) is 2.62. The molecule has 0 saturated carbocycles. The van der Waals surface area contributed by atoms with Crippen molar-refractivity contribution < 1.29 is 4.74 Å². The fourth-order valence-electron chi connectivity index (χ4n) is 1.39. The van der Waals surface area contributed by atoms with Gasteiger partial charge in [-0.05, 0) is 23.8 Å². The minimum atomic E-state index is 0.858. The molecule has 0 unspecified atom stereocenters. The highest BCUT2D eigenvalue weighted by molar-refractivity contribution is 5.30. The Hall–Kier alpha value is -1.77. The number of benzene rings is 1. The molecule has 0 aliphatic heterocycles. The Morgan fingerprint density at radius 1 is 1.36 bits per heavy atom. The van der Waals surface area contributed by atoms with Crippen LogP contribution in [0.4, 0.5) is 0 Å². The maximum absolute atomic E-state index is 5.15. The van der Waals surface area contributed by atoms with E-state index in [9.17, 15) is 0 Å². The Kier molecular flexibility index (Phi) is 2.49. The molecule has 1 aromatic carbocycles. The molecular formula is C11H12N2O. The van der Waals surface area contributed by atoms with E-state index in [2.05, 4.69) is 16.3 Å².